The maximum Gasteiger partial charge on any atom is 0.141 e. The van der Waals surface area contributed by atoms with Crippen molar-refractivity contribution < 1.29 is 18.9 Å². The van der Waals surface area contributed by atoms with Crippen LogP contribution >= 0.6 is 0 Å². The standard InChI is InChI=1S/C13H21NO4/c1-15-5-6-17-7-8-18-10-11-3-4-13(16-2)12(14)9-11/h3-4,9H,5-8,10,14H2,1-2H3. The van der Waals surface area contributed by atoms with Gasteiger partial charge in [0.25, 0.3) is 0 Å². The third kappa shape index (κ3) is 5.35. The molecule has 0 aliphatic rings. The van der Waals surface area contributed by atoms with E-state index in [2.05, 4.69) is 0 Å². The monoisotopic (exact) mass is 255 g/mol. The Kier molecular flexibility index (Phi) is 7.17. The largest absolute Gasteiger partial charge is 0.495 e. The number of nitrogen functional groups attached to an aromatic ring is 1. The molecule has 1 rings (SSSR count). The van der Waals surface area contributed by atoms with Gasteiger partial charge in [-0.05, 0) is 17.7 Å². The molecular formula is C13H21NO4. The van der Waals surface area contributed by atoms with Gasteiger partial charge in [-0.2, -0.15) is 0 Å². The topological polar surface area (TPSA) is 62.9 Å². The fourth-order valence-corrected chi connectivity index (χ4v) is 1.43. The molecule has 0 aliphatic heterocycles. The first-order chi connectivity index (χ1) is 8.77. The van der Waals surface area contributed by atoms with E-state index in [0.717, 1.165) is 5.56 Å². The Morgan fingerprint density at radius 2 is 1.72 bits per heavy atom. The second-order valence-electron chi connectivity index (χ2n) is 3.73. The predicted octanol–water partition coefficient (Wildman–Crippen LogP) is 1.46. The minimum absolute atomic E-state index is 0.516. The van der Waals surface area contributed by atoms with Crippen LogP contribution in [0, 0.1) is 0 Å². The molecule has 1 aromatic carbocycles. The summed E-state index contributed by atoms with van der Waals surface area (Å²) in [4.78, 5) is 0. The van der Waals surface area contributed by atoms with Crippen molar-refractivity contribution in [3.8, 4) is 5.75 Å². The molecule has 0 radical (unpaired) electrons. The Morgan fingerprint density at radius 3 is 2.39 bits per heavy atom. The van der Waals surface area contributed by atoms with Crippen LogP contribution in [0.4, 0.5) is 5.69 Å². The van der Waals surface area contributed by atoms with Gasteiger partial charge in [0.2, 0.25) is 0 Å². The number of hydrogen-bond acceptors (Lipinski definition) is 5. The van der Waals surface area contributed by atoms with E-state index in [4.69, 9.17) is 24.7 Å². The SMILES string of the molecule is COCCOCCOCc1ccc(OC)c(N)c1. The summed E-state index contributed by atoms with van der Waals surface area (Å²) in [5.74, 6) is 0.682. The zero-order valence-corrected chi connectivity index (χ0v) is 11.0. The van der Waals surface area contributed by atoms with E-state index in [1.165, 1.54) is 0 Å². The van der Waals surface area contributed by atoms with E-state index in [-0.39, 0.29) is 0 Å². The number of ether oxygens (including phenoxy) is 4. The fraction of sp³-hybridized carbons (Fsp3) is 0.538. The molecule has 0 heterocycles. The maximum absolute atomic E-state index is 5.80. The molecule has 0 amide bonds. The Balaban J connectivity index is 2.17. The lowest BCUT2D eigenvalue weighted by Gasteiger charge is -2.08. The van der Waals surface area contributed by atoms with Gasteiger partial charge in [-0.25, -0.2) is 0 Å². The van der Waals surface area contributed by atoms with Gasteiger partial charge in [-0.1, -0.05) is 6.07 Å². The van der Waals surface area contributed by atoms with Crippen molar-refractivity contribution in [2.24, 2.45) is 0 Å². The first kappa shape index (κ1) is 14.8. The highest BCUT2D eigenvalue weighted by Gasteiger charge is 2.00. The average molecular weight is 255 g/mol. The Hall–Kier alpha value is -1.30. The van der Waals surface area contributed by atoms with Gasteiger partial charge >= 0.3 is 0 Å². The minimum atomic E-state index is 0.516. The van der Waals surface area contributed by atoms with Gasteiger partial charge in [-0.15, -0.1) is 0 Å². The third-order valence-electron chi connectivity index (χ3n) is 2.37. The number of benzene rings is 1. The summed E-state index contributed by atoms with van der Waals surface area (Å²) >= 11 is 0. The number of hydrogen-bond donors (Lipinski definition) is 1. The van der Waals surface area contributed by atoms with Gasteiger partial charge in [-0.3, -0.25) is 0 Å². The molecule has 102 valence electrons. The summed E-state index contributed by atoms with van der Waals surface area (Å²) in [6.45, 7) is 2.83. The molecule has 0 saturated carbocycles. The van der Waals surface area contributed by atoms with E-state index in [1.54, 1.807) is 14.2 Å². The lowest BCUT2D eigenvalue weighted by Crippen LogP contribution is -2.08. The average Bonchev–Trinajstić information content (AvgIpc) is 2.38. The molecule has 2 N–H and O–H groups in total. The molecule has 0 atom stereocenters. The van der Waals surface area contributed by atoms with Crippen molar-refractivity contribution in [3.63, 3.8) is 0 Å². The zero-order valence-electron chi connectivity index (χ0n) is 11.0. The van der Waals surface area contributed by atoms with E-state index in [0.29, 0.717) is 44.5 Å². The maximum atomic E-state index is 5.80. The van der Waals surface area contributed by atoms with E-state index in [1.807, 2.05) is 18.2 Å². The first-order valence-electron chi connectivity index (χ1n) is 5.84. The lowest BCUT2D eigenvalue weighted by atomic mass is 10.2. The van der Waals surface area contributed by atoms with Crippen molar-refractivity contribution in [3.05, 3.63) is 23.8 Å². The quantitative estimate of drug-likeness (QED) is 0.534. The molecule has 0 spiro atoms. The van der Waals surface area contributed by atoms with Gasteiger partial charge in [0.15, 0.2) is 0 Å². The highest BCUT2D eigenvalue weighted by molar-refractivity contribution is 5.54. The van der Waals surface area contributed by atoms with E-state index >= 15 is 0 Å². The smallest absolute Gasteiger partial charge is 0.141 e. The number of nitrogens with two attached hydrogens (primary N) is 1. The van der Waals surface area contributed by atoms with Crippen LogP contribution in [0.3, 0.4) is 0 Å². The van der Waals surface area contributed by atoms with Crippen molar-refractivity contribution in [1.29, 1.82) is 0 Å². The van der Waals surface area contributed by atoms with Crippen molar-refractivity contribution in [2.45, 2.75) is 6.61 Å². The molecular weight excluding hydrogens is 234 g/mol. The van der Waals surface area contributed by atoms with Crippen molar-refractivity contribution >= 4 is 5.69 Å². The van der Waals surface area contributed by atoms with E-state index in [9.17, 15) is 0 Å². The Bertz CT molecular complexity index is 344. The first-order valence-corrected chi connectivity index (χ1v) is 5.84. The highest BCUT2D eigenvalue weighted by atomic mass is 16.5. The fourth-order valence-electron chi connectivity index (χ4n) is 1.43. The molecule has 0 aromatic heterocycles. The van der Waals surface area contributed by atoms with Crippen LogP contribution in [0.1, 0.15) is 5.56 Å². The molecule has 18 heavy (non-hydrogen) atoms. The number of methoxy groups -OCH3 is 2. The summed E-state index contributed by atoms with van der Waals surface area (Å²) in [5.41, 5.74) is 7.44. The second kappa shape index (κ2) is 8.74. The molecule has 0 fully saturated rings. The van der Waals surface area contributed by atoms with E-state index < -0.39 is 0 Å². The van der Waals surface area contributed by atoms with Gasteiger partial charge in [0, 0.05) is 7.11 Å². The van der Waals surface area contributed by atoms with Crippen LogP contribution < -0.4 is 10.5 Å². The third-order valence-corrected chi connectivity index (χ3v) is 2.37. The summed E-state index contributed by atoms with van der Waals surface area (Å²) in [7, 11) is 3.24. The zero-order chi connectivity index (χ0) is 13.2. The summed E-state index contributed by atoms with van der Waals surface area (Å²) in [5, 5.41) is 0. The summed E-state index contributed by atoms with van der Waals surface area (Å²) in [6.07, 6.45) is 0. The molecule has 5 nitrogen and oxygen atoms in total. The Labute approximate surface area is 108 Å². The lowest BCUT2D eigenvalue weighted by molar-refractivity contribution is 0.0199. The molecule has 0 saturated heterocycles. The van der Waals surface area contributed by atoms with Crippen LogP contribution in [0.5, 0.6) is 5.75 Å². The molecule has 0 bridgehead atoms. The van der Waals surface area contributed by atoms with Gasteiger partial charge in [0.05, 0.1) is 45.8 Å². The van der Waals surface area contributed by atoms with Crippen LogP contribution in [0.2, 0.25) is 0 Å². The minimum Gasteiger partial charge on any atom is -0.495 e. The molecule has 0 unspecified atom stereocenters. The highest BCUT2D eigenvalue weighted by Crippen LogP contribution is 2.22. The Morgan fingerprint density at radius 1 is 1.00 bits per heavy atom. The predicted molar refractivity (Wildman–Crippen MR) is 69.8 cm³/mol. The summed E-state index contributed by atoms with van der Waals surface area (Å²) in [6, 6.07) is 5.62. The van der Waals surface area contributed by atoms with Crippen LogP contribution in [-0.2, 0) is 20.8 Å². The molecule has 1 aromatic rings. The molecule has 5 heteroatoms. The van der Waals surface area contributed by atoms with Gasteiger partial charge < -0.3 is 24.7 Å². The second-order valence-corrected chi connectivity index (χ2v) is 3.73. The van der Waals surface area contributed by atoms with Gasteiger partial charge in [0.1, 0.15) is 5.75 Å². The van der Waals surface area contributed by atoms with Crippen LogP contribution in [0.25, 0.3) is 0 Å². The van der Waals surface area contributed by atoms with Crippen molar-refractivity contribution in [2.75, 3.05) is 46.4 Å². The summed E-state index contributed by atoms with van der Waals surface area (Å²) < 4.78 is 20.7. The number of anilines is 1. The number of rotatable bonds is 9. The van der Waals surface area contributed by atoms with Crippen LogP contribution in [-0.4, -0.2) is 40.6 Å². The normalized spacial score (nSPS) is 10.6. The van der Waals surface area contributed by atoms with Crippen LogP contribution in [0.15, 0.2) is 18.2 Å². The molecule has 0 aliphatic carbocycles. The van der Waals surface area contributed by atoms with Crippen molar-refractivity contribution in [1.82, 2.24) is 0 Å².